The van der Waals surface area contributed by atoms with Crippen LogP contribution >= 0.6 is 22.9 Å². The van der Waals surface area contributed by atoms with Crippen LogP contribution in [0.4, 0.5) is 14.9 Å². The highest BCUT2D eigenvalue weighted by molar-refractivity contribution is 7.07. The first kappa shape index (κ1) is 16.7. The molecule has 1 heterocycles. The van der Waals surface area contributed by atoms with Crippen LogP contribution in [0.2, 0.25) is 5.02 Å². The van der Waals surface area contributed by atoms with Crippen LogP contribution in [-0.4, -0.2) is 31.6 Å². The van der Waals surface area contributed by atoms with E-state index in [0.717, 1.165) is 5.56 Å². The van der Waals surface area contributed by atoms with Gasteiger partial charge in [-0.05, 0) is 54.7 Å². The Morgan fingerprint density at radius 3 is 2.77 bits per heavy atom. The molecule has 0 aliphatic carbocycles. The molecule has 1 aromatic carbocycles. The third-order valence-corrected chi connectivity index (χ3v) is 4.18. The molecule has 0 saturated heterocycles. The van der Waals surface area contributed by atoms with Gasteiger partial charge in [0, 0.05) is 12.2 Å². The van der Waals surface area contributed by atoms with Gasteiger partial charge in [0.05, 0.1) is 11.1 Å². The van der Waals surface area contributed by atoms with Crippen molar-refractivity contribution in [1.29, 1.82) is 0 Å². The van der Waals surface area contributed by atoms with Crippen molar-refractivity contribution >= 4 is 34.7 Å². The number of benzene rings is 1. The lowest BCUT2D eigenvalue weighted by Gasteiger charge is -2.24. The number of likely N-dealkylation sites (N-methyl/N-ethyl adjacent to an activating group) is 1. The Kier molecular flexibility index (Phi) is 5.76. The molecule has 22 heavy (non-hydrogen) atoms. The fraction of sp³-hybridized carbons (Fsp3) is 0.267. The van der Waals surface area contributed by atoms with E-state index < -0.39 is 5.82 Å². The molecule has 1 aromatic heterocycles. The Labute approximate surface area is 137 Å². The zero-order chi connectivity index (χ0) is 16.1. The predicted molar refractivity (Wildman–Crippen MR) is 89.2 cm³/mol. The highest BCUT2D eigenvalue weighted by Crippen LogP contribution is 2.21. The molecule has 0 spiro atoms. The van der Waals surface area contributed by atoms with Crippen LogP contribution in [0.25, 0.3) is 0 Å². The predicted octanol–water partition coefficient (Wildman–Crippen LogP) is 3.97. The van der Waals surface area contributed by atoms with Crippen molar-refractivity contribution in [2.75, 3.05) is 26.0 Å². The van der Waals surface area contributed by atoms with Crippen LogP contribution in [0.1, 0.15) is 11.6 Å². The summed E-state index contributed by atoms with van der Waals surface area (Å²) in [5.41, 5.74) is 1.60. The maximum absolute atomic E-state index is 13.1. The quantitative estimate of drug-likeness (QED) is 0.864. The number of nitrogens with one attached hydrogen (secondary N) is 2. The van der Waals surface area contributed by atoms with Gasteiger partial charge in [-0.15, -0.1) is 0 Å². The number of halogens is 2. The Balaban J connectivity index is 1.92. The third kappa shape index (κ3) is 4.43. The molecule has 2 amide bonds. The summed E-state index contributed by atoms with van der Waals surface area (Å²) < 4.78 is 13.1. The summed E-state index contributed by atoms with van der Waals surface area (Å²) in [5, 5.41) is 9.48. The zero-order valence-corrected chi connectivity index (χ0v) is 13.8. The molecule has 2 rings (SSSR count). The van der Waals surface area contributed by atoms with Crippen molar-refractivity contribution < 1.29 is 9.18 Å². The number of anilines is 1. The fourth-order valence-corrected chi connectivity index (χ4v) is 2.89. The normalized spacial score (nSPS) is 12.2. The van der Waals surface area contributed by atoms with E-state index in [1.807, 2.05) is 30.4 Å². The topological polar surface area (TPSA) is 44.4 Å². The van der Waals surface area contributed by atoms with E-state index in [-0.39, 0.29) is 17.1 Å². The number of rotatable bonds is 5. The van der Waals surface area contributed by atoms with E-state index >= 15 is 0 Å². The number of hydrogen-bond acceptors (Lipinski definition) is 3. The molecule has 2 N–H and O–H groups in total. The van der Waals surface area contributed by atoms with Crippen LogP contribution in [0.3, 0.4) is 0 Å². The third-order valence-electron chi connectivity index (χ3n) is 3.18. The highest BCUT2D eigenvalue weighted by atomic mass is 35.5. The number of urea groups is 1. The lowest BCUT2D eigenvalue weighted by atomic mass is 10.1. The van der Waals surface area contributed by atoms with Crippen molar-refractivity contribution in [3.05, 3.63) is 51.4 Å². The molecule has 0 bridgehead atoms. The molecule has 4 nitrogen and oxygen atoms in total. The maximum Gasteiger partial charge on any atom is 0.319 e. The number of carbonyl (C=O) groups is 1. The van der Waals surface area contributed by atoms with Gasteiger partial charge in [0.2, 0.25) is 0 Å². The van der Waals surface area contributed by atoms with E-state index in [2.05, 4.69) is 16.0 Å². The van der Waals surface area contributed by atoms with Crippen LogP contribution < -0.4 is 10.6 Å². The Morgan fingerprint density at radius 2 is 2.18 bits per heavy atom. The summed E-state index contributed by atoms with van der Waals surface area (Å²) in [6.07, 6.45) is 0. The lowest BCUT2D eigenvalue weighted by Crippen LogP contribution is -2.36. The zero-order valence-electron chi connectivity index (χ0n) is 12.3. The second kappa shape index (κ2) is 7.58. The summed E-state index contributed by atoms with van der Waals surface area (Å²) in [6, 6.07) is 5.82. The van der Waals surface area contributed by atoms with E-state index in [9.17, 15) is 9.18 Å². The van der Waals surface area contributed by atoms with Crippen molar-refractivity contribution in [3.8, 4) is 0 Å². The van der Waals surface area contributed by atoms with Gasteiger partial charge in [-0.3, -0.25) is 0 Å². The molecule has 0 aliphatic heterocycles. The molecular formula is C15H17ClFN3OS. The van der Waals surface area contributed by atoms with Gasteiger partial charge in [0.1, 0.15) is 5.82 Å². The Morgan fingerprint density at radius 1 is 1.41 bits per heavy atom. The number of thiophene rings is 1. The molecule has 7 heteroatoms. The largest absolute Gasteiger partial charge is 0.336 e. The molecule has 1 atom stereocenters. The van der Waals surface area contributed by atoms with Crippen molar-refractivity contribution in [1.82, 2.24) is 10.2 Å². The number of amides is 2. The molecule has 118 valence electrons. The molecule has 0 aliphatic rings. The SMILES string of the molecule is CN(C)[C@@H](CNC(=O)Nc1ccc(F)c(Cl)c1)c1ccsc1. The fourth-order valence-electron chi connectivity index (χ4n) is 2.00. The monoisotopic (exact) mass is 341 g/mol. The van der Waals surface area contributed by atoms with Gasteiger partial charge in [0.15, 0.2) is 0 Å². The van der Waals surface area contributed by atoms with Crippen molar-refractivity contribution in [2.45, 2.75) is 6.04 Å². The first-order valence-corrected chi connectivity index (χ1v) is 7.98. The standard InChI is InChI=1S/C15H17ClFN3OS/c1-20(2)14(10-5-6-22-9-10)8-18-15(21)19-11-3-4-13(17)12(16)7-11/h3-7,9,14H,8H2,1-2H3,(H2,18,19,21)/t14-/m0/s1. The second-order valence-corrected chi connectivity index (χ2v) is 6.19. The molecule has 0 unspecified atom stereocenters. The van der Waals surface area contributed by atoms with Crippen LogP contribution in [-0.2, 0) is 0 Å². The van der Waals surface area contributed by atoms with E-state index in [4.69, 9.17) is 11.6 Å². The van der Waals surface area contributed by atoms with Gasteiger partial charge < -0.3 is 15.5 Å². The number of nitrogens with zero attached hydrogens (tertiary/aromatic N) is 1. The summed E-state index contributed by atoms with van der Waals surface area (Å²) in [6.45, 7) is 0.463. The molecule has 0 fully saturated rings. The maximum atomic E-state index is 13.1. The summed E-state index contributed by atoms with van der Waals surface area (Å²) in [5.74, 6) is -0.516. The van der Waals surface area contributed by atoms with Gasteiger partial charge in [-0.25, -0.2) is 9.18 Å². The minimum absolute atomic E-state index is 0.0257. The average Bonchev–Trinajstić information content (AvgIpc) is 2.97. The number of hydrogen-bond donors (Lipinski definition) is 2. The first-order valence-electron chi connectivity index (χ1n) is 6.66. The minimum atomic E-state index is -0.516. The summed E-state index contributed by atoms with van der Waals surface area (Å²) in [7, 11) is 3.92. The summed E-state index contributed by atoms with van der Waals surface area (Å²) in [4.78, 5) is 14.0. The van der Waals surface area contributed by atoms with Gasteiger partial charge >= 0.3 is 6.03 Å². The smallest absolute Gasteiger partial charge is 0.319 e. The Bertz CT molecular complexity index is 634. The average molecular weight is 342 g/mol. The molecule has 2 aromatic rings. The van der Waals surface area contributed by atoms with Gasteiger partial charge in [-0.2, -0.15) is 11.3 Å². The molecular weight excluding hydrogens is 325 g/mol. The van der Waals surface area contributed by atoms with Gasteiger partial charge in [-0.1, -0.05) is 11.6 Å². The first-order chi connectivity index (χ1) is 10.5. The van der Waals surface area contributed by atoms with Crippen molar-refractivity contribution in [3.63, 3.8) is 0 Å². The highest BCUT2D eigenvalue weighted by Gasteiger charge is 2.15. The number of carbonyl (C=O) groups excluding carboxylic acids is 1. The molecule has 0 radical (unpaired) electrons. The van der Waals surface area contributed by atoms with Crippen molar-refractivity contribution in [2.24, 2.45) is 0 Å². The van der Waals surface area contributed by atoms with Gasteiger partial charge in [0.25, 0.3) is 0 Å². The van der Waals surface area contributed by atoms with E-state index in [1.54, 1.807) is 11.3 Å². The van der Waals surface area contributed by atoms with Crippen LogP contribution in [0.15, 0.2) is 35.0 Å². The van der Waals surface area contributed by atoms with E-state index in [0.29, 0.717) is 12.2 Å². The second-order valence-electron chi connectivity index (χ2n) is 5.00. The van der Waals surface area contributed by atoms with E-state index in [1.165, 1.54) is 18.2 Å². The summed E-state index contributed by atoms with van der Waals surface area (Å²) >= 11 is 7.30. The minimum Gasteiger partial charge on any atom is -0.336 e. The van der Waals surface area contributed by atoms with Crippen LogP contribution in [0, 0.1) is 5.82 Å². The molecule has 0 saturated carbocycles. The van der Waals surface area contributed by atoms with Crippen LogP contribution in [0.5, 0.6) is 0 Å². The Hall–Kier alpha value is -1.63. The lowest BCUT2D eigenvalue weighted by molar-refractivity contribution is 0.243.